The molecule has 10 heteroatoms. The van der Waals surface area contributed by atoms with Gasteiger partial charge in [0.1, 0.15) is 0 Å². The summed E-state index contributed by atoms with van der Waals surface area (Å²) in [7, 11) is -3.49. The summed E-state index contributed by atoms with van der Waals surface area (Å²) in [5.74, 6) is -0.0839. The lowest BCUT2D eigenvalue weighted by molar-refractivity contribution is 0.0949. The van der Waals surface area contributed by atoms with Gasteiger partial charge in [0.25, 0.3) is 5.91 Å². The molecule has 2 N–H and O–H groups in total. The SMILES string of the molecule is O=C(NCCNS(=O)(=O)Cc1ccccc1)c1nc(N2CCCCC2)ncc1Cl. The Hall–Kier alpha value is -2.23. The number of hydrogen-bond acceptors (Lipinski definition) is 6. The lowest BCUT2D eigenvalue weighted by atomic mass is 10.1. The molecule has 0 spiro atoms. The minimum absolute atomic E-state index is 0.0720. The van der Waals surface area contributed by atoms with Crippen molar-refractivity contribution in [2.75, 3.05) is 31.1 Å². The molecule has 2 aromatic rings. The van der Waals surface area contributed by atoms with Gasteiger partial charge < -0.3 is 10.2 Å². The second-order valence-corrected chi connectivity index (χ2v) is 9.02. The Morgan fingerprint density at radius 1 is 1.10 bits per heavy atom. The standard InChI is InChI=1S/C19H24ClN5O3S/c20-16-13-22-19(25-11-5-2-6-12-25)24-17(16)18(26)21-9-10-23-29(27,28)14-15-7-3-1-4-8-15/h1,3-4,7-8,13,23H,2,5-6,9-12,14H2,(H,21,26). The quantitative estimate of drug-likeness (QED) is 0.612. The summed E-state index contributed by atoms with van der Waals surface area (Å²) >= 11 is 6.09. The van der Waals surface area contributed by atoms with Gasteiger partial charge in [-0.3, -0.25) is 4.79 Å². The molecule has 1 fully saturated rings. The van der Waals surface area contributed by atoms with E-state index in [2.05, 4.69) is 20.0 Å². The Labute approximate surface area is 175 Å². The van der Waals surface area contributed by atoms with Crippen LogP contribution in [0.3, 0.4) is 0 Å². The normalized spacial score (nSPS) is 14.6. The van der Waals surface area contributed by atoms with E-state index in [0.717, 1.165) is 25.9 Å². The zero-order chi connectivity index (χ0) is 20.7. The maximum absolute atomic E-state index is 12.4. The average molecular weight is 438 g/mol. The predicted molar refractivity (Wildman–Crippen MR) is 113 cm³/mol. The first-order valence-corrected chi connectivity index (χ1v) is 11.5. The molecule has 3 rings (SSSR count). The number of rotatable bonds is 8. The monoisotopic (exact) mass is 437 g/mol. The topological polar surface area (TPSA) is 104 Å². The number of hydrogen-bond donors (Lipinski definition) is 2. The molecular formula is C19H24ClN5O3S. The first-order chi connectivity index (χ1) is 13.9. The Balaban J connectivity index is 1.51. The van der Waals surface area contributed by atoms with Gasteiger partial charge in [-0.25, -0.2) is 23.1 Å². The van der Waals surface area contributed by atoms with Gasteiger partial charge in [-0.05, 0) is 24.8 Å². The van der Waals surface area contributed by atoms with E-state index in [9.17, 15) is 13.2 Å². The van der Waals surface area contributed by atoms with Gasteiger partial charge in [0, 0.05) is 26.2 Å². The molecular weight excluding hydrogens is 414 g/mol. The summed E-state index contributed by atoms with van der Waals surface area (Å²) in [6.07, 6.45) is 4.74. The zero-order valence-corrected chi connectivity index (χ0v) is 17.5. The zero-order valence-electron chi connectivity index (χ0n) is 16.0. The van der Waals surface area contributed by atoms with Crippen LogP contribution in [0.15, 0.2) is 36.5 Å². The molecule has 29 heavy (non-hydrogen) atoms. The van der Waals surface area contributed by atoms with E-state index in [4.69, 9.17) is 11.6 Å². The van der Waals surface area contributed by atoms with Gasteiger partial charge in [-0.1, -0.05) is 41.9 Å². The molecule has 0 atom stereocenters. The molecule has 0 unspecified atom stereocenters. The van der Waals surface area contributed by atoms with Gasteiger partial charge in [0.15, 0.2) is 5.69 Å². The van der Waals surface area contributed by atoms with E-state index in [1.807, 2.05) is 11.0 Å². The maximum Gasteiger partial charge on any atom is 0.271 e. The number of anilines is 1. The van der Waals surface area contributed by atoms with Crippen LogP contribution in [0.4, 0.5) is 5.95 Å². The molecule has 8 nitrogen and oxygen atoms in total. The highest BCUT2D eigenvalue weighted by molar-refractivity contribution is 7.88. The molecule has 1 aromatic heterocycles. The number of carbonyl (C=O) groups is 1. The van der Waals surface area contributed by atoms with Crippen molar-refractivity contribution in [1.29, 1.82) is 0 Å². The molecule has 156 valence electrons. The van der Waals surface area contributed by atoms with Crippen molar-refractivity contribution in [3.05, 3.63) is 52.8 Å². The third-order valence-electron chi connectivity index (χ3n) is 4.52. The highest BCUT2D eigenvalue weighted by atomic mass is 35.5. The number of aromatic nitrogens is 2. The number of carbonyl (C=O) groups excluding carboxylic acids is 1. The average Bonchev–Trinajstić information content (AvgIpc) is 2.72. The summed E-state index contributed by atoms with van der Waals surface area (Å²) in [4.78, 5) is 23.0. The van der Waals surface area contributed by atoms with Gasteiger partial charge in [-0.15, -0.1) is 0 Å². The van der Waals surface area contributed by atoms with Crippen LogP contribution in [0.25, 0.3) is 0 Å². The van der Waals surface area contributed by atoms with Crippen molar-refractivity contribution in [3.63, 3.8) is 0 Å². The Kier molecular flexibility index (Phi) is 7.40. The van der Waals surface area contributed by atoms with Crippen LogP contribution in [0.1, 0.15) is 35.3 Å². The smallest absolute Gasteiger partial charge is 0.271 e. The molecule has 1 saturated heterocycles. The van der Waals surface area contributed by atoms with Gasteiger partial charge in [-0.2, -0.15) is 0 Å². The van der Waals surface area contributed by atoms with Crippen molar-refractivity contribution in [3.8, 4) is 0 Å². The summed E-state index contributed by atoms with van der Waals surface area (Å²) < 4.78 is 26.7. The summed E-state index contributed by atoms with van der Waals surface area (Å²) in [5, 5.41) is 2.81. The first-order valence-electron chi connectivity index (χ1n) is 9.51. The highest BCUT2D eigenvalue weighted by Crippen LogP contribution is 2.19. The minimum atomic E-state index is -3.49. The molecule has 1 aromatic carbocycles. The fourth-order valence-electron chi connectivity index (χ4n) is 3.07. The predicted octanol–water partition coefficient (Wildman–Crippen LogP) is 1.97. The lowest BCUT2D eigenvalue weighted by Crippen LogP contribution is -2.36. The fourth-order valence-corrected chi connectivity index (χ4v) is 4.40. The van der Waals surface area contributed by atoms with Crippen LogP contribution >= 0.6 is 11.6 Å². The van der Waals surface area contributed by atoms with Crippen LogP contribution in [0, 0.1) is 0 Å². The first kappa shape index (κ1) is 21.5. The molecule has 1 amide bonds. The van der Waals surface area contributed by atoms with Crippen LogP contribution in [0.2, 0.25) is 5.02 Å². The third kappa shape index (κ3) is 6.38. The van der Waals surface area contributed by atoms with E-state index >= 15 is 0 Å². The number of piperidine rings is 1. The Morgan fingerprint density at radius 2 is 1.83 bits per heavy atom. The molecule has 0 aliphatic carbocycles. The molecule has 2 heterocycles. The van der Waals surface area contributed by atoms with Crippen LogP contribution in [0.5, 0.6) is 0 Å². The van der Waals surface area contributed by atoms with E-state index in [1.54, 1.807) is 24.3 Å². The summed E-state index contributed by atoms with van der Waals surface area (Å²) in [5.41, 5.74) is 0.788. The van der Waals surface area contributed by atoms with Crippen molar-refractivity contribution in [2.24, 2.45) is 0 Å². The van der Waals surface area contributed by atoms with Crippen LogP contribution in [-0.4, -0.2) is 50.5 Å². The van der Waals surface area contributed by atoms with Crippen molar-refractivity contribution < 1.29 is 13.2 Å². The number of nitrogens with one attached hydrogen (secondary N) is 2. The van der Waals surface area contributed by atoms with Crippen molar-refractivity contribution in [2.45, 2.75) is 25.0 Å². The number of benzene rings is 1. The maximum atomic E-state index is 12.4. The molecule has 1 aliphatic heterocycles. The lowest BCUT2D eigenvalue weighted by Gasteiger charge is -2.26. The largest absolute Gasteiger partial charge is 0.349 e. The molecule has 1 aliphatic rings. The van der Waals surface area contributed by atoms with E-state index in [1.165, 1.54) is 12.6 Å². The van der Waals surface area contributed by atoms with Crippen molar-refractivity contribution >= 4 is 33.5 Å². The van der Waals surface area contributed by atoms with Gasteiger partial charge >= 0.3 is 0 Å². The summed E-state index contributed by atoms with van der Waals surface area (Å²) in [6.45, 7) is 1.90. The van der Waals surface area contributed by atoms with Gasteiger partial charge in [0.2, 0.25) is 16.0 Å². The second kappa shape index (κ2) is 10.00. The van der Waals surface area contributed by atoms with Gasteiger partial charge in [0.05, 0.1) is 17.0 Å². The van der Waals surface area contributed by atoms with Crippen LogP contribution in [-0.2, 0) is 15.8 Å². The van der Waals surface area contributed by atoms with Crippen LogP contribution < -0.4 is 14.9 Å². The fraction of sp³-hybridized carbons (Fsp3) is 0.421. The highest BCUT2D eigenvalue weighted by Gasteiger charge is 2.19. The van der Waals surface area contributed by atoms with Crippen molar-refractivity contribution in [1.82, 2.24) is 20.0 Å². The Bertz CT molecular complexity index is 934. The minimum Gasteiger partial charge on any atom is -0.349 e. The molecule has 0 radical (unpaired) electrons. The van der Waals surface area contributed by atoms with E-state index in [0.29, 0.717) is 11.5 Å². The van der Waals surface area contributed by atoms with E-state index < -0.39 is 15.9 Å². The number of nitrogens with zero attached hydrogens (tertiary/aromatic N) is 3. The number of halogens is 1. The van der Waals surface area contributed by atoms with E-state index in [-0.39, 0.29) is 29.6 Å². The molecule has 0 saturated carbocycles. The third-order valence-corrected chi connectivity index (χ3v) is 6.15. The molecule has 0 bridgehead atoms. The second-order valence-electron chi connectivity index (χ2n) is 6.81. The summed E-state index contributed by atoms with van der Waals surface area (Å²) in [6, 6.07) is 8.90. The Morgan fingerprint density at radius 3 is 2.55 bits per heavy atom. The number of sulfonamides is 1. The number of amides is 1.